The van der Waals surface area contributed by atoms with Crippen molar-refractivity contribution in [3.05, 3.63) is 86.6 Å². The van der Waals surface area contributed by atoms with Gasteiger partial charge in [0.15, 0.2) is 0 Å². The average Bonchev–Trinajstić information content (AvgIpc) is 0.726. The zero-order valence-electron chi connectivity index (χ0n) is 84.0. The first-order valence-corrected chi connectivity index (χ1v) is 53.5. The fourth-order valence-electron chi connectivity index (χ4n) is 36.3. The summed E-state index contributed by atoms with van der Waals surface area (Å²) in [7, 11) is 0. The number of rotatable bonds is 24. The van der Waals surface area contributed by atoms with Gasteiger partial charge in [-0.1, -0.05) is 86.6 Å². The maximum absolute atomic E-state index is 12.3. The summed E-state index contributed by atoms with van der Waals surface area (Å²) in [5.41, 5.74) is 1.10. The molecule has 0 aromatic heterocycles. The Morgan fingerprint density at radius 3 is 0.877 bits per heavy atom. The highest BCUT2D eigenvalue weighted by atomic mass is 16.6. The number of carbonyl (C=O) groups is 7. The monoisotopic (exact) mass is 1790 g/mol. The van der Waals surface area contributed by atoms with E-state index in [0.717, 1.165) is 126 Å². The Balaban J connectivity index is 0.000000117. The number of ether oxygens (including phenoxy) is 7. The molecule has 0 spiro atoms. The Hall–Kier alpha value is -5.53. The van der Waals surface area contributed by atoms with Crippen LogP contribution in [0.15, 0.2) is 86.6 Å². The van der Waals surface area contributed by atoms with Gasteiger partial charge in [0.2, 0.25) is 0 Å². The van der Waals surface area contributed by atoms with Gasteiger partial charge in [-0.25, -0.2) is 33.6 Å². The normalized spacial score (nSPS) is 43.1. The van der Waals surface area contributed by atoms with E-state index < -0.39 is 0 Å². The largest absolute Gasteiger partial charge is 0.456 e. The third-order valence-electron chi connectivity index (χ3n) is 41.2. The van der Waals surface area contributed by atoms with Crippen LogP contribution in [0.2, 0.25) is 0 Å². The van der Waals surface area contributed by atoms with E-state index in [-0.39, 0.29) is 97.2 Å². The minimum atomic E-state index is -0.348. The van der Waals surface area contributed by atoms with E-state index in [9.17, 15) is 33.6 Å². The zero-order valence-corrected chi connectivity index (χ0v) is 84.0. The second-order valence-electron chi connectivity index (χ2n) is 51.2. The molecule has 0 aromatic rings. The number of unbranched alkanes of at least 4 members (excludes halogenated alkanes) is 2. The summed E-state index contributed by atoms with van der Waals surface area (Å²) in [5, 5.41) is 0. The summed E-state index contributed by atoms with van der Waals surface area (Å²) in [6.07, 6.45) is 61.0. The molecule has 28 aliphatic rings. The quantitative estimate of drug-likeness (QED) is 0.0505. The van der Waals surface area contributed by atoms with E-state index in [4.69, 9.17) is 33.2 Å². The van der Waals surface area contributed by atoms with E-state index in [1.54, 1.807) is 27.7 Å². The lowest BCUT2D eigenvalue weighted by Crippen LogP contribution is -2.62. The fraction of sp³-hybridized carbons (Fsp3) is 0.819. The van der Waals surface area contributed by atoms with Crippen molar-refractivity contribution in [1.29, 1.82) is 0 Å². The number of hydrogen-bond donors (Lipinski definition) is 0. The van der Waals surface area contributed by atoms with Crippen molar-refractivity contribution in [2.45, 2.75) is 426 Å². The summed E-state index contributed by atoms with van der Waals surface area (Å²) < 4.78 is 41.4. The molecule has 0 N–H and O–H groups in total. The van der Waals surface area contributed by atoms with Crippen LogP contribution in [0.4, 0.5) is 0 Å². The van der Waals surface area contributed by atoms with Gasteiger partial charge >= 0.3 is 41.8 Å². The molecule has 0 saturated heterocycles. The molecule has 14 nitrogen and oxygen atoms in total. The van der Waals surface area contributed by atoms with Crippen molar-refractivity contribution in [2.75, 3.05) is 0 Å². The summed E-state index contributed by atoms with van der Waals surface area (Å²) in [6, 6.07) is 0. The summed E-state index contributed by atoms with van der Waals surface area (Å²) in [4.78, 5) is 83.0. The Kier molecular flexibility index (Phi) is 29.3. The summed E-state index contributed by atoms with van der Waals surface area (Å²) >= 11 is 0. The van der Waals surface area contributed by atoms with E-state index >= 15 is 0 Å². The van der Waals surface area contributed by atoms with Crippen LogP contribution in [-0.2, 0) is 66.7 Å². The van der Waals surface area contributed by atoms with E-state index in [1.165, 1.54) is 275 Å². The lowest BCUT2D eigenvalue weighted by molar-refractivity contribution is -0.221. The van der Waals surface area contributed by atoms with Gasteiger partial charge in [-0.15, -0.1) is 0 Å². The van der Waals surface area contributed by atoms with E-state index in [0.29, 0.717) is 75.6 Å². The Morgan fingerprint density at radius 1 is 0.315 bits per heavy atom. The van der Waals surface area contributed by atoms with Crippen LogP contribution in [0.25, 0.3) is 0 Å². The van der Waals surface area contributed by atoms with Crippen LogP contribution >= 0.6 is 0 Å². The van der Waals surface area contributed by atoms with Crippen molar-refractivity contribution in [3.63, 3.8) is 0 Å². The van der Waals surface area contributed by atoms with Gasteiger partial charge in [-0.3, -0.25) is 0 Å². The molecule has 28 rings (SSSR count). The molecule has 724 valence electrons. The molecule has 0 aliphatic heterocycles. The average molecular weight is 1790 g/mol. The van der Waals surface area contributed by atoms with E-state index in [2.05, 4.69) is 122 Å². The van der Waals surface area contributed by atoms with Crippen LogP contribution in [0.5, 0.6) is 0 Å². The Labute approximate surface area is 786 Å². The molecular weight excluding hydrogens is 1620 g/mol. The molecule has 0 aromatic carbocycles. The molecule has 130 heavy (non-hydrogen) atoms. The molecule has 0 heterocycles. The topological polar surface area (TPSA) is 184 Å². The van der Waals surface area contributed by atoms with Crippen LogP contribution in [-0.4, -0.2) is 81.0 Å². The second kappa shape index (κ2) is 38.4. The molecule has 0 radical (unpaired) electrons. The van der Waals surface area contributed by atoms with Gasteiger partial charge < -0.3 is 33.2 Å². The van der Waals surface area contributed by atoms with Crippen molar-refractivity contribution in [1.82, 2.24) is 0 Å². The van der Waals surface area contributed by atoms with Crippen molar-refractivity contribution < 1.29 is 66.7 Å². The van der Waals surface area contributed by atoms with Crippen LogP contribution in [0.1, 0.15) is 386 Å². The summed E-state index contributed by atoms with van der Waals surface area (Å²) in [5.74, 6) is 19.0. The molecule has 28 bridgehead atoms. The van der Waals surface area contributed by atoms with E-state index in [1.807, 2.05) is 0 Å². The predicted octanol–water partition coefficient (Wildman–Crippen LogP) is 27.4. The second-order valence-corrected chi connectivity index (χ2v) is 51.2. The molecular formula is C116H176O14. The highest BCUT2D eigenvalue weighted by molar-refractivity contribution is 5.89. The number of esters is 7. The molecule has 28 fully saturated rings. The van der Waals surface area contributed by atoms with Crippen molar-refractivity contribution >= 4 is 41.8 Å². The highest BCUT2D eigenvalue weighted by Crippen LogP contribution is 2.71. The number of hydrogen-bond acceptors (Lipinski definition) is 14. The molecule has 0 amide bonds. The van der Waals surface area contributed by atoms with Crippen LogP contribution < -0.4 is 0 Å². The van der Waals surface area contributed by atoms with Crippen LogP contribution in [0.3, 0.4) is 0 Å². The molecule has 14 heteroatoms. The lowest BCUT2D eigenvalue weighted by Gasteiger charge is -2.62. The van der Waals surface area contributed by atoms with Crippen molar-refractivity contribution in [3.8, 4) is 0 Å². The SMILES string of the molecule is C=C(C)C(=O)OC(C)(C)C12CC3CC(CC(C3)C1)C2.C=C(C)C(=O)OC(C)(CCCC)C12CC3CC(CC(C3)C1)C2.C=C(C)C(=O)OC1(C)C2CC3CC(C2)CC1C3.C=C(C)C(=O)OC1(CCCC)C2CC3CC(C2)CC1C3.C=CC(=O)OC(C)(C)C12CC3CC(CC(C3)C1)C2.C=CC(=O)OC1(C(C)C)C2CC3CC(C2)CC1C3.C=CC(=O)OC1(C)C2CC3CC(C2)CC1C3. The van der Waals surface area contributed by atoms with Crippen molar-refractivity contribution in [2.24, 2.45) is 170 Å². The van der Waals surface area contributed by atoms with Gasteiger partial charge in [-0.2, -0.15) is 0 Å². The summed E-state index contributed by atoms with van der Waals surface area (Å²) in [6.45, 7) is 56.5. The minimum Gasteiger partial charge on any atom is -0.456 e. The van der Waals surface area contributed by atoms with Gasteiger partial charge in [0.25, 0.3) is 0 Å². The molecule has 28 saturated carbocycles. The number of carbonyl (C=O) groups excluding carboxylic acids is 7. The minimum absolute atomic E-state index is 0.153. The fourth-order valence-corrected chi connectivity index (χ4v) is 36.3. The van der Waals surface area contributed by atoms with Crippen LogP contribution in [0, 0.1) is 170 Å². The first-order valence-electron chi connectivity index (χ1n) is 53.5. The smallest absolute Gasteiger partial charge is 0.333 e. The first kappa shape index (κ1) is 99.0. The molecule has 1 unspecified atom stereocenters. The zero-order chi connectivity index (χ0) is 93.5. The lowest BCUT2D eigenvalue weighted by atomic mass is 9.45. The maximum Gasteiger partial charge on any atom is 0.333 e. The molecule has 28 aliphatic carbocycles. The molecule has 1 atom stereocenters. The van der Waals surface area contributed by atoms with Gasteiger partial charge in [0.1, 0.15) is 39.2 Å². The maximum atomic E-state index is 12.3. The third-order valence-corrected chi connectivity index (χ3v) is 41.2. The van der Waals surface area contributed by atoms with Gasteiger partial charge in [0, 0.05) is 56.8 Å². The van der Waals surface area contributed by atoms with Gasteiger partial charge in [-0.05, 0) is 500 Å². The highest BCUT2D eigenvalue weighted by Gasteiger charge is 2.67. The Morgan fingerprint density at radius 2 is 0.577 bits per heavy atom. The standard InChI is InChI=1S/C20H32O2.C18H28O2.C17H26O2.2C16H24O2.C15H22O2.C14H20O2/c1-5-6-7-19(4,22-18(21)14(2)3)20-11-15-8-16(12-20)10-17(9-15)13-20;1-4-5-6-18(20-17(19)12(2)3)15-8-13-7-14(10-15)11-16(18)9-13;1-11(2)15(18)19-16(3,4)17-8-12-5-13(9-17)7-14(6-12)10-17;1-4-14(17)18-15(2,3)16-8-11-5-12(9-16)7-13(6-11)10-16;1-4-15(17)18-16(10(2)3)13-6-11-5-12(8-13)9-14(16)7-11;1-9(2)14(16)17-15(3)12-5-10-4-11(7-12)8-13(15)6-10;1-3-13(15)16-14(2)11-5-9-4-10(7-11)8-12(14)6-9/h15-17H,2,5-13H2,1,3-4H3;13-16H,2,4-11H2,1,3H3;12-14H,1,5-10H2,2-4H3;4,11-13H,1,5-10H2,2-3H3;4,10-14H,1,5-9H2,2-3H3;10-13H,1,4-8H2,2-3H3;3,9-12H,1,4-8H2,2H3. The predicted molar refractivity (Wildman–Crippen MR) is 515 cm³/mol. The van der Waals surface area contributed by atoms with Gasteiger partial charge in [0.05, 0.1) is 0 Å². The first-order chi connectivity index (χ1) is 61.3. The third kappa shape index (κ3) is 19.6. The Bertz CT molecular complexity index is 4010.